The highest BCUT2D eigenvalue weighted by atomic mass is 16.1. The maximum Gasteiger partial charge on any atom is 0.257 e. The van der Waals surface area contributed by atoms with E-state index < -0.39 is 0 Å². The van der Waals surface area contributed by atoms with E-state index in [0.29, 0.717) is 17.8 Å². The minimum atomic E-state index is -0.186. The molecule has 0 radical (unpaired) electrons. The van der Waals surface area contributed by atoms with Crippen LogP contribution in [-0.4, -0.2) is 30.3 Å². The Morgan fingerprint density at radius 1 is 1.15 bits per heavy atom. The molecule has 0 bridgehead atoms. The van der Waals surface area contributed by atoms with Crippen molar-refractivity contribution in [2.45, 2.75) is 20.4 Å². The van der Waals surface area contributed by atoms with Crippen LogP contribution in [0, 0.1) is 13.8 Å². The van der Waals surface area contributed by atoms with Gasteiger partial charge in [-0.25, -0.2) is 14.2 Å². The standard InChI is InChI=1S/C19H18N6O/c1-13-10-14(2)25-18(23-13)17(12-22-25)19(26)20-11-15-4-6-16(7-5-15)24-9-3-8-21-24/h3-10,12H,11H2,1-2H3,(H,20,26). The Morgan fingerprint density at radius 3 is 2.69 bits per heavy atom. The minimum absolute atomic E-state index is 0.186. The van der Waals surface area contributed by atoms with Crippen molar-refractivity contribution in [2.24, 2.45) is 0 Å². The Morgan fingerprint density at radius 2 is 1.96 bits per heavy atom. The zero-order valence-electron chi connectivity index (χ0n) is 14.5. The summed E-state index contributed by atoms with van der Waals surface area (Å²) >= 11 is 0. The number of hydrogen-bond acceptors (Lipinski definition) is 4. The van der Waals surface area contributed by atoms with E-state index in [1.165, 1.54) is 0 Å². The molecule has 7 nitrogen and oxygen atoms in total. The number of carbonyl (C=O) groups excluding carboxylic acids is 1. The fourth-order valence-electron chi connectivity index (χ4n) is 2.90. The molecule has 4 rings (SSSR count). The predicted octanol–water partition coefficient (Wildman–Crippen LogP) is 2.46. The van der Waals surface area contributed by atoms with Crippen LogP contribution in [0.1, 0.15) is 27.3 Å². The zero-order valence-corrected chi connectivity index (χ0v) is 14.5. The summed E-state index contributed by atoms with van der Waals surface area (Å²) < 4.78 is 3.47. The molecule has 0 saturated heterocycles. The molecule has 0 atom stereocenters. The summed E-state index contributed by atoms with van der Waals surface area (Å²) in [6.45, 7) is 4.28. The van der Waals surface area contributed by atoms with E-state index in [1.54, 1.807) is 21.6 Å². The molecule has 0 spiro atoms. The number of aryl methyl sites for hydroxylation is 2. The van der Waals surface area contributed by atoms with Crippen molar-refractivity contribution >= 4 is 11.6 Å². The van der Waals surface area contributed by atoms with Gasteiger partial charge in [-0.2, -0.15) is 10.2 Å². The molecule has 0 aliphatic rings. The van der Waals surface area contributed by atoms with Crippen molar-refractivity contribution in [1.29, 1.82) is 0 Å². The van der Waals surface area contributed by atoms with Crippen LogP contribution in [0.3, 0.4) is 0 Å². The van der Waals surface area contributed by atoms with E-state index in [-0.39, 0.29) is 5.91 Å². The van der Waals surface area contributed by atoms with Crippen LogP contribution in [-0.2, 0) is 6.54 Å². The zero-order chi connectivity index (χ0) is 18.1. The minimum Gasteiger partial charge on any atom is -0.348 e. The van der Waals surface area contributed by atoms with E-state index in [1.807, 2.05) is 56.4 Å². The molecule has 130 valence electrons. The van der Waals surface area contributed by atoms with Gasteiger partial charge in [0.05, 0.1) is 11.9 Å². The van der Waals surface area contributed by atoms with E-state index >= 15 is 0 Å². The van der Waals surface area contributed by atoms with Gasteiger partial charge in [0.1, 0.15) is 5.56 Å². The first-order valence-electron chi connectivity index (χ1n) is 8.31. The first-order chi connectivity index (χ1) is 12.6. The molecule has 1 N–H and O–H groups in total. The quantitative estimate of drug-likeness (QED) is 0.616. The van der Waals surface area contributed by atoms with Gasteiger partial charge in [-0.3, -0.25) is 4.79 Å². The lowest BCUT2D eigenvalue weighted by atomic mass is 10.2. The summed E-state index contributed by atoms with van der Waals surface area (Å²) in [4.78, 5) is 17.0. The second-order valence-corrected chi connectivity index (χ2v) is 6.13. The van der Waals surface area contributed by atoms with Crippen LogP contribution < -0.4 is 5.32 Å². The summed E-state index contributed by atoms with van der Waals surface area (Å²) in [6, 6.07) is 11.7. The number of nitrogens with zero attached hydrogens (tertiary/aromatic N) is 5. The van der Waals surface area contributed by atoms with Crippen molar-refractivity contribution in [3.63, 3.8) is 0 Å². The first-order valence-corrected chi connectivity index (χ1v) is 8.31. The summed E-state index contributed by atoms with van der Waals surface area (Å²) in [5.74, 6) is -0.186. The van der Waals surface area contributed by atoms with E-state index in [9.17, 15) is 4.79 Å². The number of fused-ring (bicyclic) bond motifs is 1. The number of hydrogen-bond donors (Lipinski definition) is 1. The molecule has 0 fully saturated rings. The smallest absolute Gasteiger partial charge is 0.257 e. The number of benzene rings is 1. The molecule has 7 heteroatoms. The maximum absolute atomic E-state index is 12.6. The SMILES string of the molecule is Cc1cc(C)n2ncc(C(=O)NCc3ccc(-n4cccn4)cc3)c2n1. The average Bonchev–Trinajstić information content (AvgIpc) is 3.30. The molecule has 0 unspecified atom stereocenters. The van der Waals surface area contributed by atoms with Crippen LogP contribution in [0.25, 0.3) is 11.3 Å². The summed E-state index contributed by atoms with van der Waals surface area (Å²) in [7, 11) is 0. The molecule has 26 heavy (non-hydrogen) atoms. The first kappa shape index (κ1) is 16.0. The van der Waals surface area contributed by atoms with Gasteiger partial charge in [0.15, 0.2) is 5.65 Å². The summed E-state index contributed by atoms with van der Waals surface area (Å²) in [6.07, 6.45) is 5.19. The van der Waals surface area contributed by atoms with Crippen LogP contribution in [0.5, 0.6) is 0 Å². The highest BCUT2D eigenvalue weighted by molar-refractivity contribution is 5.99. The normalized spacial score (nSPS) is 11.0. The van der Waals surface area contributed by atoms with Crippen molar-refractivity contribution in [3.05, 3.63) is 77.5 Å². The highest BCUT2D eigenvalue weighted by Gasteiger charge is 2.15. The van der Waals surface area contributed by atoms with Gasteiger partial charge in [0.25, 0.3) is 5.91 Å². The molecular weight excluding hydrogens is 328 g/mol. The molecule has 0 saturated carbocycles. The number of rotatable bonds is 4. The Bertz CT molecular complexity index is 1060. The third kappa shape index (κ3) is 2.95. The monoisotopic (exact) mass is 346 g/mol. The fourth-order valence-corrected chi connectivity index (χ4v) is 2.90. The van der Waals surface area contributed by atoms with Gasteiger partial charge < -0.3 is 5.32 Å². The lowest BCUT2D eigenvalue weighted by Crippen LogP contribution is -2.23. The predicted molar refractivity (Wildman–Crippen MR) is 97.2 cm³/mol. The molecule has 4 aromatic rings. The van der Waals surface area contributed by atoms with Gasteiger partial charge in [-0.05, 0) is 43.7 Å². The van der Waals surface area contributed by atoms with Crippen molar-refractivity contribution in [3.8, 4) is 5.69 Å². The second-order valence-electron chi connectivity index (χ2n) is 6.13. The third-order valence-electron chi connectivity index (χ3n) is 4.18. The topological polar surface area (TPSA) is 77.1 Å². The van der Waals surface area contributed by atoms with Gasteiger partial charge in [-0.1, -0.05) is 12.1 Å². The molecule has 1 aromatic carbocycles. The van der Waals surface area contributed by atoms with Crippen molar-refractivity contribution in [1.82, 2.24) is 29.7 Å². The molecule has 0 aliphatic heterocycles. The Labute approximate surface area is 150 Å². The Balaban J connectivity index is 1.49. The molecule has 1 amide bonds. The number of aromatic nitrogens is 5. The summed E-state index contributed by atoms with van der Waals surface area (Å²) in [5, 5.41) is 11.4. The Kier molecular flexibility index (Phi) is 3.96. The number of nitrogens with one attached hydrogen (secondary N) is 1. The van der Waals surface area contributed by atoms with E-state index in [0.717, 1.165) is 22.6 Å². The molecular formula is C19H18N6O. The Hall–Kier alpha value is -3.48. The molecule has 3 heterocycles. The van der Waals surface area contributed by atoms with E-state index in [4.69, 9.17) is 0 Å². The van der Waals surface area contributed by atoms with Gasteiger partial charge >= 0.3 is 0 Å². The number of amides is 1. The van der Waals surface area contributed by atoms with Crippen molar-refractivity contribution < 1.29 is 4.79 Å². The van der Waals surface area contributed by atoms with Crippen molar-refractivity contribution in [2.75, 3.05) is 0 Å². The van der Waals surface area contributed by atoms with Crippen LogP contribution >= 0.6 is 0 Å². The lowest BCUT2D eigenvalue weighted by Gasteiger charge is -2.07. The van der Waals surface area contributed by atoms with Crippen LogP contribution in [0.2, 0.25) is 0 Å². The molecule has 3 aromatic heterocycles. The van der Waals surface area contributed by atoms with Gasteiger partial charge in [-0.15, -0.1) is 0 Å². The second kappa shape index (κ2) is 6.44. The largest absolute Gasteiger partial charge is 0.348 e. The molecule has 0 aliphatic carbocycles. The summed E-state index contributed by atoms with van der Waals surface area (Å²) in [5.41, 5.74) is 4.84. The van der Waals surface area contributed by atoms with E-state index in [2.05, 4.69) is 20.5 Å². The number of carbonyl (C=O) groups is 1. The fraction of sp³-hybridized carbons (Fsp3) is 0.158. The third-order valence-corrected chi connectivity index (χ3v) is 4.18. The average molecular weight is 346 g/mol. The van der Waals surface area contributed by atoms with Gasteiger partial charge in [0, 0.05) is 30.3 Å². The van der Waals surface area contributed by atoms with Crippen LogP contribution in [0.15, 0.2) is 55.0 Å². The van der Waals surface area contributed by atoms with Crippen LogP contribution in [0.4, 0.5) is 0 Å². The van der Waals surface area contributed by atoms with Gasteiger partial charge in [0.2, 0.25) is 0 Å². The lowest BCUT2D eigenvalue weighted by molar-refractivity contribution is 0.0952. The highest BCUT2D eigenvalue weighted by Crippen LogP contribution is 2.13. The maximum atomic E-state index is 12.6.